The molecule has 142 valence electrons. The zero-order valence-corrected chi connectivity index (χ0v) is 15.6. The van der Waals surface area contributed by atoms with Gasteiger partial charge in [-0.3, -0.25) is 14.9 Å². The van der Waals surface area contributed by atoms with Crippen molar-refractivity contribution in [3.8, 4) is 0 Å². The van der Waals surface area contributed by atoms with Crippen LogP contribution in [0, 0.1) is 15.5 Å². The monoisotopic (exact) mass is 361 g/mol. The fourth-order valence-electron chi connectivity index (χ4n) is 3.68. The van der Waals surface area contributed by atoms with E-state index >= 15 is 0 Å². The number of morpholine rings is 1. The summed E-state index contributed by atoms with van der Waals surface area (Å²) in [5, 5.41) is 11.7. The van der Waals surface area contributed by atoms with Crippen LogP contribution in [0.2, 0.25) is 0 Å². The average Bonchev–Trinajstić information content (AvgIpc) is 2.82. The Morgan fingerprint density at radius 1 is 1.15 bits per heavy atom. The first-order chi connectivity index (χ1) is 12.4. The third-order valence-corrected chi connectivity index (χ3v) is 5.40. The lowest BCUT2D eigenvalue weighted by atomic mass is 9.85. The minimum Gasteiger partial charge on any atom is -0.378 e. The molecule has 1 aromatic rings. The fourth-order valence-corrected chi connectivity index (χ4v) is 3.68. The van der Waals surface area contributed by atoms with Gasteiger partial charge in [0.2, 0.25) is 0 Å². The highest BCUT2D eigenvalue weighted by atomic mass is 16.6. The zero-order valence-electron chi connectivity index (χ0n) is 15.6. The van der Waals surface area contributed by atoms with Gasteiger partial charge in [0.1, 0.15) is 5.69 Å². The van der Waals surface area contributed by atoms with Gasteiger partial charge < -0.3 is 14.5 Å². The summed E-state index contributed by atoms with van der Waals surface area (Å²) >= 11 is 0. The number of rotatable bonds is 3. The Morgan fingerprint density at radius 2 is 1.88 bits per heavy atom. The first-order valence-corrected chi connectivity index (χ1v) is 9.28. The largest absolute Gasteiger partial charge is 0.378 e. The predicted octanol–water partition coefficient (Wildman–Crippen LogP) is 3.08. The second-order valence-corrected chi connectivity index (χ2v) is 7.87. The van der Waals surface area contributed by atoms with E-state index in [-0.39, 0.29) is 21.9 Å². The van der Waals surface area contributed by atoms with Crippen LogP contribution in [-0.2, 0) is 4.74 Å². The second-order valence-electron chi connectivity index (χ2n) is 7.87. The Morgan fingerprint density at radius 3 is 2.58 bits per heavy atom. The molecule has 0 radical (unpaired) electrons. The van der Waals surface area contributed by atoms with Gasteiger partial charge in [-0.2, -0.15) is 0 Å². The van der Waals surface area contributed by atoms with E-state index in [2.05, 4.69) is 18.7 Å². The van der Waals surface area contributed by atoms with Gasteiger partial charge >= 0.3 is 0 Å². The molecule has 3 rings (SSSR count). The number of nitro benzene ring substituents is 1. The lowest BCUT2D eigenvalue weighted by molar-refractivity contribution is -0.384. The molecule has 0 bridgehead atoms. The maximum Gasteiger partial charge on any atom is 0.293 e. The van der Waals surface area contributed by atoms with Gasteiger partial charge in [0, 0.05) is 37.8 Å². The maximum atomic E-state index is 12.6. The molecule has 2 fully saturated rings. The normalized spacial score (nSPS) is 20.5. The first kappa shape index (κ1) is 18.6. The number of hydrogen-bond acceptors (Lipinski definition) is 5. The van der Waals surface area contributed by atoms with Crippen LogP contribution in [0.1, 0.15) is 43.5 Å². The number of ether oxygens (including phenoxy) is 1. The summed E-state index contributed by atoms with van der Waals surface area (Å²) in [6.45, 7) is 8.16. The standard InChI is InChI=1S/C19H27N3O4/c1-19(2)6-3-8-20(9-7-19)16-5-4-15(14-17(16)22(24)25)18(23)21-10-12-26-13-11-21/h4-5,14H,3,6-13H2,1-2H3. The lowest BCUT2D eigenvalue weighted by Gasteiger charge is -2.27. The van der Waals surface area contributed by atoms with Crippen molar-refractivity contribution in [2.75, 3.05) is 44.3 Å². The highest BCUT2D eigenvalue weighted by Gasteiger charge is 2.28. The van der Waals surface area contributed by atoms with E-state index in [1.807, 2.05) is 0 Å². The molecule has 0 atom stereocenters. The topological polar surface area (TPSA) is 75.9 Å². The summed E-state index contributed by atoms with van der Waals surface area (Å²) in [7, 11) is 0. The van der Waals surface area contributed by atoms with Crippen molar-refractivity contribution in [2.45, 2.75) is 33.1 Å². The number of hydrogen-bond donors (Lipinski definition) is 0. The molecule has 1 amide bonds. The van der Waals surface area contributed by atoms with Crippen LogP contribution in [0.25, 0.3) is 0 Å². The Kier molecular flexibility index (Phi) is 5.46. The molecule has 1 aromatic carbocycles. The number of carbonyl (C=O) groups is 1. The van der Waals surface area contributed by atoms with Gasteiger partial charge in [-0.25, -0.2) is 0 Å². The van der Waals surface area contributed by atoms with Crippen LogP contribution < -0.4 is 4.90 Å². The molecule has 0 aliphatic carbocycles. The number of carbonyl (C=O) groups excluding carboxylic acids is 1. The van der Waals surface area contributed by atoms with Crippen molar-refractivity contribution in [1.82, 2.24) is 4.90 Å². The van der Waals surface area contributed by atoms with Gasteiger partial charge in [0.25, 0.3) is 11.6 Å². The van der Waals surface area contributed by atoms with E-state index in [4.69, 9.17) is 4.74 Å². The van der Waals surface area contributed by atoms with E-state index in [1.54, 1.807) is 17.0 Å². The van der Waals surface area contributed by atoms with E-state index < -0.39 is 0 Å². The van der Waals surface area contributed by atoms with E-state index in [0.717, 1.165) is 32.4 Å². The number of nitro groups is 1. The van der Waals surface area contributed by atoms with Gasteiger partial charge in [0.05, 0.1) is 18.1 Å². The van der Waals surface area contributed by atoms with E-state index in [0.29, 0.717) is 37.6 Å². The minimum atomic E-state index is -0.374. The molecular formula is C19H27N3O4. The predicted molar refractivity (Wildman–Crippen MR) is 99.7 cm³/mol. The smallest absolute Gasteiger partial charge is 0.293 e. The first-order valence-electron chi connectivity index (χ1n) is 9.28. The molecule has 0 spiro atoms. The SMILES string of the molecule is CC1(C)CCCN(c2ccc(C(=O)N3CCOCC3)cc2[N+](=O)[O-])CC1. The average molecular weight is 361 g/mol. The van der Waals surface area contributed by atoms with Crippen molar-refractivity contribution in [2.24, 2.45) is 5.41 Å². The molecule has 7 nitrogen and oxygen atoms in total. The number of amides is 1. The summed E-state index contributed by atoms with van der Waals surface area (Å²) in [5.74, 6) is -0.167. The number of benzene rings is 1. The quantitative estimate of drug-likeness (QED) is 0.611. The molecule has 7 heteroatoms. The van der Waals surface area contributed by atoms with Crippen molar-refractivity contribution in [3.63, 3.8) is 0 Å². The molecule has 2 saturated heterocycles. The van der Waals surface area contributed by atoms with Crippen LogP contribution in [0.15, 0.2) is 18.2 Å². The number of anilines is 1. The van der Waals surface area contributed by atoms with Crippen LogP contribution in [0.5, 0.6) is 0 Å². The van der Waals surface area contributed by atoms with Crippen LogP contribution in [-0.4, -0.2) is 55.1 Å². The maximum absolute atomic E-state index is 12.6. The highest BCUT2D eigenvalue weighted by molar-refractivity contribution is 5.95. The van der Waals surface area contributed by atoms with Crippen molar-refractivity contribution in [3.05, 3.63) is 33.9 Å². The van der Waals surface area contributed by atoms with Crippen molar-refractivity contribution < 1.29 is 14.5 Å². The fraction of sp³-hybridized carbons (Fsp3) is 0.632. The highest BCUT2D eigenvalue weighted by Crippen LogP contribution is 2.35. The van der Waals surface area contributed by atoms with Crippen LogP contribution >= 0.6 is 0 Å². The van der Waals surface area contributed by atoms with Crippen molar-refractivity contribution >= 4 is 17.3 Å². The zero-order chi connectivity index (χ0) is 18.7. The van der Waals surface area contributed by atoms with E-state index in [1.165, 1.54) is 6.07 Å². The summed E-state index contributed by atoms with van der Waals surface area (Å²) in [5.41, 5.74) is 1.27. The summed E-state index contributed by atoms with van der Waals surface area (Å²) in [6.07, 6.45) is 3.13. The summed E-state index contributed by atoms with van der Waals surface area (Å²) in [6, 6.07) is 4.89. The molecular weight excluding hydrogens is 334 g/mol. The Bertz CT molecular complexity index is 683. The Balaban J connectivity index is 1.85. The Labute approximate surface area is 154 Å². The van der Waals surface area contributed by atoms with Gasteiger partial charge in [0.15, 0.2) is 0 Å². The molecule has 0 N–H and O–H groups in total. The summed E-state index contributed by atoms with van der Waals surface area (Å²) in [4.78, 5) is 27.7. The molecule has 2 heterocycles. The third kappa shape index (κ3) is 4.15. The van der Waals surface area contributed by atoms with Gasteiger partial charge in [-0.15, -0.1) is 0 Å². The molecule has 26 heavy (non-hydrogen) atoms. The molecule has 2 aliphatic rings. The Hall–Kier alpha value is -2.15. The molecule has 0 unspecified atom stereocenters. The number of nitrogens with zero attached hydrogens (tertiary/aromatic N) is 3. The molecule has 2 aliphatic heterocycles. The molecule has 0 aromatic heterocycles. The third-order valence-electron chi connectivity index (χ3n) is 5.40. The minimum absolute atomic E-state index is 0.0174. The van der Waals surface area contributed by atoms with Crippen molar-refractivity contribution in [1.29, 1.82) is 0 Å². The molecule has 0 saturated carbocycles. The van der Waals surface area contributed by atoms with Crippen LogP contribution in [0.3, 0.4) is 0 Å². The second kappa shape index (κ2) is 7.61. The van der Waals surface area contributed by atoms with Gasteiger partial charge in [-0.1, -0.05) is 13.8 Å². The van der Waals surface area contributed by atoms with Gasteiger partial charge in [-0.05, 0) is 36.8 Å². The lowest BCUT2D eigenvalue weighted by Crippen LogP contribution is -2.40. The van der Waals surface area contributed by atoms with E-state index in [9.17, 15) is 14.9 Å². The summed E-state index contributed by atoms with van der Waals surface area (Å²) < 4.78 is 5.27. The van der Waals surface area contributed by atoms with Crippen LogP contribution in [0.4, 0.5) is 11.4 Å².